The molecular weight excluding hydrogens is 174 g/mol. The largest absolute Gasteiger partial charge is 0.284 e. The van der Waals surface area contributed by atoms with E-state index in [1.165, 1.54) is 4.90 Å². The van der Waals surface area contributed by atoms with Crippen LogP contribution in [0.15, 0.2) is 54.8 Å². The summed E-state index contributed by atoms with van der Waals surface area (Å²) in [4.78, 5) is 12.4. The Morgan fingerprint density at radius 1 is 1.36 bits per heavy atom. The van der Waals surface area contributed by atoms with Gasteiger partial charge in [-0.1, -0.05) is 30.9 Å². The zero-order chi connectivity index (χ0) is 10.4. The number of carbonyl (C=O) groups excluding carboxylic acids is 1. The van der Waals surface area contributed by atoms with Crippen LogP contribution in [0.4, 0.5) is 5.69 Å². The first-order chi connectivity index (χ1) is 6.79. The zero-order valence-electron chi connectivity index (χ0n) is 8.18. The third-order valence-corrected chi connectivity index (χ3v) is 1.81. The standard InChI is InChI=1S/C12H13NO/c1-3-7-11(2)13(10-14)12-8-5-4-6-9-12/h3-10H,2H2,1H3/b7-3-. The van der Waals surface area contributed by atoms with Gasteiger partial charge in [0.25, 0.3) is 0 Å². The molecule has 0 aliphatic heterocycles. The number of allylic oxidation sites excluding steroid dienone is 2. The first-order valence-electron chi connectivity index (χ1n) is 4.40. The number of hydrogen-bond acceptors (Lipinski definition) is 1. The van der Waals surface area contributed by atoms with Gasteiger partial charge in [0.1, 0.15) is 0 Å². The Morgan fingerprint density at radius 2 is 2.00 bits per heavy atom. The van der Waals surface area contributed by atoms with E-state index < -0.39 is 0 Å². The van der Waals surface area contributed by atoms with E-state index >= 15 is 0 Å². The van der Waals surface area contributed by atoms with Crippen molar-refractivity contribution in [2.24, 2.45) is 0 Å². The van der Waals surface area contributed by atoms with Crippen molar-refractivity contribution in [1.82, 2.24) is 0 Å². The van der Waals surface area contributed by atoms with Crippen molar-refractivity contribution in [2.45, 2.75) is 6.92 Å². The van der Waals surface area contributed by atoms with E-state index in [2.05, 4.69) is 6.58 Å². The molecule has 0 spiro atoms. The van der Waals surface area contributed by atoms with Gasteiger partial charge in [0.2, 0.25) is 6.41 Å². The Kier molecular flexibility index (Phi) is 3.68. The van der Waals surface area contributed by atoms with E-state index in [4.69, 9.17) is 0 Å². The fourth-order valence-electron chi connectivity index (χ4n) is 1.16. The SMILES string of the molecule is C=C(/C=C\C)N(C=O)c1ccccc1. The molecule has 0 atom stereocenters. The van der Waals surface area contributed by atoms with E-state index in [1.807, 2.05) is 43.3 Å². The first-order valence-corrected chi connectivity index (χ1v) is 4.40. The van der Waals surface area contributed by atoms with Crippen molar-refractivity contribution in [3.8, 4) is 0 Å². The summed E-state index contributed by atoms with van der Waals surface area (Å²) in [5.74, 6) is 0. The summed E-state index contributed by atoms with van der Waals surface area (Å²) < 4.78 is 0. The molecule has 1 aromatic rings. The molecule has 2 heteroatoms. The van der Waals surface area contributed by atoms with Gasteiger partial charge in [0.15, 0.2) is 0 Å². The lowest BCUT2D eigenvalue weighted by Crippen LogP contribution is -2.17. The maximum Gasteiger partial charge on any atom is 0.218 e. The predicted octanol–water partition coefficient (Wildman–Crippen LogP) is 2.74. The Balaban J connectivity index is 2.93. The van der Waals surface area contributed by atoms with Gasteiger partial charge in [-0.15, -0.1) is 0 Å². The van der Waals surface area contributed by atoms with Gasteiger partial charge >= 0.3 is 0 Å². The van der Waals surface area contributed by atoms with Crippen molar-refractivity contribution in [1.29, 1.82) is 0 Å². The highest BCUT2D eigenvalue weighted by molar-refractivity contribution is 5.80. The quantitative estimate of drug-likeness (QED) is 0.524. The number of anilines is 1. The minimum absolute atomic E-state index is 0.661. The summed E-state index contributed by atoms with van der Waals surface area (Å²) in [6, 6.07) is 9.40. The normalized spacial score (nSPS) is 10.1. The van der Waals surface area contributed by atoms with Crippen LogP contribution in [0.2, 0.25) is 0 Å². The molecular formula is C12H13NO. The van der Waals surface area contributed by atoms with Crippen LogP contribution in [0, 0.1) is 0 Å². The topological polar surface area (TPSA) is 20.3 Å². The van der Waals surface area contributed by atoms with Crippen LogP contribution in [0.1, 0.15) is 6.92 Å². The molecule has 0 fully saturated rings. The third kappa shape index (κ3) is 2.33. The molecule has 0 aliphatic rings. The molecule has 14 heavy (non-hydrogen) atoms. The molecule has 1 rings (SSSR count). The monoisotopic (exact) mass is 187 g/mol. The molecule has 72 valence electrons. The summed E-state index contributed by atoms with van der Waals surface area (Å²) in [5, 5.41) is 0. The number of amides is 1. The molecule has 0 radical (unpaired) electrons. The van der Waals surface area contributed by atoms with Gasteiger partial charge in [-0.2, -0.15) is 0 Å². The van der Waals surface area contributed by atoms with Gasteiger partial charge < -0.3 is 0 Å². The molecule has 1 aromatic carbocycles. The summed E-state index contributed by atoms with van der Waals surface area (Å²) in [6.45, 7) is 5.69. The highest BCUT2D eigenvalue weighted by Gasteiger charge is 2.04. The predicted molar refractivity (Wildman–Crippen MR) is 58.9 cm³/mol. The van der Waals surface area contributed by atoms with Crippen LogP contribution in [-0.2, 0) is 4.79 Å². The summed E-state index contributed by atoms with van der Waals surface area (Å²) in [5.41, 5.74) is 1.49. The van der Waals surface area contributed by atoms with Crippen molar-refractivity contribution in [3.05, 3.63) is 54.8 Å². The second-order valence-electron chi connectivity index (χ2n) is 2.80. The van der Waals surface area contributed by atoms with Crippen LogP contribution in [0.5, 0.6) is 0 Å². The van der Waals surface area contributed by atoms with Crippen LogP contribution < -0.4 is 4.90 Å². The second-order valence-corrected chi connectivity index (χ2v) is 2.80. The third-order valence-electron chi connectivity index (χ3n) is 1.81. The van der Waals surface area contributed by atoms with Gasteiger partial charge in [0, 0.05) is 11.4 Å². The molecule has 0 saturated heterocycles. The summed E-state index contributed by atoms with van der Waals surface area (Å²) >= 11 is 0. The highest BCUT2D eigenvalue weighted by Crippen LogP contribution is 2.16. The Labute approximate surface area is 84.2 Å². The lowest BCUT2D eigenvalue weighted by Gasteiger charge is -2.17. The van der Waals surface area contributed by atoms with Crippen molar-refractivity contribution in [2.75, 3.05) is 4.90 Å². The molecule has 1 amide bonds. The lowest BCUT2D eigenvalue weighted by atomic mass is 10.2. The fourth-order valence-corrected chi connectivity index (χ4v) is 1.16. The number of rotatable bonds is 4. The lowest BCUT2D eigenvalue weighted by molar-refractivity contribution is -0.107. The van der Waals surface area contributed by atoms with Gasteiger partial charge in [-0.3, -0.25) is 9.69 Å². The van der Waals surface area contributed by atoms with Crippen LogP contribution >= 0.6 is 0 Å². The number of benzene rings is 1. The maximum absolute atomic E-state index is 10.9. The average molecular weight is 187 g/mol. The van der Waals surface area contributed by atoms with E-state index in [9.17, 15) is 4.79 Å². The molecule has 0 N–H and O–H groups in total. The van der Waals surface area contributed by atoms with Crippen LogP contribution in [0.25, 0.3) is 0 Å². The van der Waals surface area contributed by atoms with Crippen molar-refractivity contribution in [3.63, 3.8) is 0 Å². The number of para-hydroxylation sites is 1. The molecule has 2 nitrogen and oxygen atoms in total. The molecule has 0 heterocycles. The van der Waals surface area contributed by atoms with Crippen LogP contribution in [-0.4, -0.2) is 6.41 Å². The molecule has 0 aliphatic carbocycles. The zero-order valence-corrected chi connectivity index (χ0v) is 8.18. The summed E-state index contributed by atoms with van der Waals surface area (Å²) in [7, 11) is 0. The van der Waals surface area contributed by atoms with E-state index in [-0.39, 0.29) is 0 Å². The van der Waals surface area contributed by atoms with Gasteiger partial charge in [0.05, 0.1) is 0 Å². The maximum atomic E-state index is 10.9. The van der Waals surface area contributed by atoms with E-state index in [0.29, 0.717) is 5.70 Å². The van der Waals surface area contributed by atoms with Crippen molar-refractivity contribution < 1.29 is 4.79 Å². The highest BCUT2D eigenvalue weighted by atomic mass is 16.1. The number of hydrogen-bond donors (Lipinski definition) is 0. The Bertz CT molecular complexity index is 341. The Morgan fingerprint density at radius 3 is 2.50 bits per heavy atom. The average Bonchev–Trinajstić information content (AvgIpc) is 2.21. The number of nitrogens with zero attached hydrogens (tertiary/aromatic N) is 1. The van der Waals surface area contributed by atoms with E-state index in [1.54, 1.807) is 6.08 Å². The van der Waals surface area contributed by atoms with Crippen LogP contribution in [0.3, 0.4) is 0 Å². The van der Waals surface area contributed by atoms with Crippen molar-refractivity contribution >= 4 is 12.1 Å². The summed E-state index contributed by atoms with van der Waals surface area (Å²) in [6.07, 6.45) is 4.40. The minimum atomic E-state index is 0.661. The van der Waals surface area contributed by atoms with Gasteiger partial charge in [-0.05, 0) is 25.1 Å². The fraction of sp³-hybridized carbons (Fsp3) is 0.0833. The smallest absolute Gasteiger partial charge is 0.218 e. The molecule has 0 bridgehead atoms. The second kappa shape index (κ2) is 5.02. The number of carbonyl (C=O) groups is 1. The Hall–Kier alpha value is -1.83. The molecule has 0 unspecified atom stereocenters. The van der Waals surface area contributed by atoms with E-state index in [0.717, 1.165) is 12.1 Å². The molecule has 0 aromatic heterocycles. The molecule has 0 saturated carbocycles. The minimum Gasteiger partial charge on any atom is -0.284 e. The first kappa shape index (κ1) is 10.3. The van der Waals surface area contributed by atoms with Gasteiger partial charge in [-0.25, -0.2) is 0 Å².